The number of hydrogen-bond donors (Lipinski definition) is 2. The Bertz CT molecular complexity index is 895. The van der Waals surface area contributed by atoms with Gasteiger partial charge in [0.15, 0.2) is 0 Å². The fraction of sp³-hybridized carbons (Fsp3) is 0.136. The fourth-order valence-corrected chi connectivity index (χ4v) is 3.05. The minimum Gasteiger partial charge on any atom is -0.411 e. The number of benzene rings is 3. The van der Waals surface area contributed by atoms with Crippen molar-refractivity contribution in [2.75, 3.05) is 12.4 Å². The molecule has 0 radical (unpaired) electrons. The van der Waals surface area contributed by atoms with E-state index in [2.05, 4.69) is 78.9 Å². The third-order valence-electron chi connectivity index (χ3n) is 4.39. The van der Waals surface area contributed by atoms with E-state index in [9.17, 15) is 0 Å². The molecule has 3 heteroatoms. The van der Waals surface area contributed by atoms with E-state index in [0.717, 1.165) is 33.5 Å². The molecule has 0 amide bonds. The Morgan fingerprint density at radius 1 is 0.800 bits per heavy atom. The Balaban J connectivity index is 2.30. The Labute approximate surface area is 148 Å². The number of hydrogen-bond acceptors (Lipinski definition) is 3. The van der Waals surface area contributed by atoms with E-state index >= 15 is 0 Å². The number of anilines is 1. The Morgan fingerprint density at radius 3 is 1.88 bits per heavy atom. The van der Waals surface area contributed by atoms with Crippen molar-refractivity contribution in [3.05, 3.63) is 77.4 Å². The first-order valence-corrected chi connectivity index (χ1v) is 8.30. The van der Waals surface area contributed by atoms with Crippen molar-refractivity contribution in [1.82, 2.24) is 0 Å². The highest BCUT2D eigenvalue weighted by Crippen LogP contribution is 2.39. The normalized spacial score (nSPS) is 11.0. The Morgan fingerprint density at radius 2 is 1.36 bits per heavy atom. The summed E-state index contributed by atoms with van der Waals surface area (Å²) in [5.41, 5.74) is 8.77. The summed E-state index contributed by atoms with van der Waals surface area (Å²) in [6.45, 7) is 4.17. The standard InChI is InChI=1S/C22H22N2O/c1-15-4-8-17(9-5-15)20-13-12-19(14-24-25)22(23-3)21(20)18-10-6-16(2)7-11-18/h4-14,23,25H,1-3H3/b24-14+. The molecule has 0 fully saturated rings. The van der Waals surface area contributed by atoms with Crippen LogP contribution in [0.2, 0.25) is 0 Å². The first kappa shape index (κ1) is 16.8. The van der Waals surface area contributed by atoms with Gasteiger partial charge in [-0.3, -0.25) is 0 Å². The van der Waals surface area contributed by atoms with Crippen LogP contribution in [0.4, 0.5) is 5.69 Å². The molecule has 0 saturated heterocycles. The van der Waals surface area contributed by atoms with E-state index in [1.165, 1.54) is 17.3 Å². The Kier molecular flexibility index (Phi) is 4.85. The van der Waals surface area contributed by atoms with E-state index in [-0.39, 0.29) is 0 Å². The molecule has 0 aliphatic carbocycles. The van der Waals surface area contributed by atoms with Gasteiger partial charge in [-0.05, 0) is 30.5 Å². The van der Waals surface area contributed by atoms with Crippen LogP contribution in [0.1, 0.15) is 16.7 Å². The molecule has 0 aliphatic heterocycles. The van der Waals surface area contributed by atoms with Gasteiger partial charge in [-0.15, -0.1) is 0 Å². The van der Waals surface area contributed by atoms with Crippen LogP contribution in [0.15, 0.2) is 65.8 Å². The second-order valence-electron chi connectivity index (χ2n) is 6.18. The van der Waals surface area contributed by atoms with Gasteiger partial charge >= 0.3 is 0 Å². The zero-order valence-electron chi connectivity index (χ0n) is 14.7. The SMILES string of the molecule is CNc1c(/C=N/O)ccc(-c2ccc(C)cc2)c1-c1ccc(C)cc1. The van der Waals surface area contributed by atoms with Gasteiger partial charge < -0.3 is 10.5 Å². The lowest BCUT2D eigenvalue weighted by Crippen LogP contribution is -2.00. The molecule has 0 unspecified atom stereocenters. The molecule has 3 aromatic rings. The molecule has 126 valence electrons. The molecule has 0 saturated carbocycles. The smallest absolute Gasteiger partial charge is 0.0754 e. The maximum atomic E-state index is 9.00. The predicted molar refractivity (Wildman–Crippen MR) is 106 cm³/mol. The second kappa shape index (κ2) is 7.22. The summed E-state index contributed by atoms with van der Waals surface area (Å²) < 4.78 is 0. The summed E-state index contributed by atoms with van der Waals surface area (Å²) in [7, 11) is 1.89. The van der Waals surface area contributed by atoms with E-state index in [1.807, 2.05) is 13.1 Å². The van der Waals surface area contributed by atoms with Gasteiger partial charge in [0.25, 0.3) is 0 Å². The molecule has 25 heavy (non-hydrogen) atoms. The zero-order chi connectivity index (χ0) is 17.8. The predicted octanol–water partition coefficient (Wildman–Crippen LogP) is 5.49. The first-order valence-electron chi connectivity index (χ1n) is 8.30. The topological polar surface area (TPSA) is 44.6 Å². The third-order valence-corrected chi connectivity index (χ3v) is 4.39. The van der Waals surface area contributed by atoms with Gasteiger partial charge in [0.2, 0.25) is 0 Å². The maximum Gasteiger partial charge on any atom is 0.0754 e. The average molecular weight is 330 g/mol. The van der Waals surface area contributed by atoms with Gasteiger partial charge in [0.05, 0.1) is 11.9 Å². The molecule has 0 atom stereocenters. The minimum atomic E-state index is 0.844. The average Bonchev–Trinajstić information content (AvgIpc) is 2.63. The third kappa shape index (κ3) is 3.41. The van der Waals surface area contributed by atoms with Crippen LogP contribution in [0.5, 0.6) is 0 Å². The molecular weight excluding hydrogens is 308 g/mol. The number of oxime groups is 1. The highest BCUT2D eigenvalue weighted by atomic mass is 16.4. The van der Waals surface area contributed by atoms with Crippen molar-refractivity contribution in [2.24, 2.45) is 5.16 Å². The van der Waals surface area contributed by atoms with Gasteiger partial charge in [-0.25, -0.2) is 0 Å². The summed E-state index contributed by atoms with van der Waals surface area (Å²) in [6, 6.07) is 21.1. The van der Waals surface area contributed by atoms with Crippen LogP contribution in [-0.2, 0) is 0 Å². The molecular formula is C22H22N2O. The van der Waals surface area contributed by atoms with Crippen molar-refractivity contribution in [2.45, 2.75) is 13.8 Å². The summed E-state index contributed by atoms with van der Waals surface area (Å²) in [6.07, 6.45) is 1.46. The second-order valence-corrected chi connectivity index (χ2v) is 6.18. The van der Waals surface area contributed by atoms with E-state index in [0.29, 0.717) is 0 Å². The van der Waals surface area contributed by atoms with Crippen molar-refractivity contribution >= 4 is 11.9 Å². The van der Waals surface area contributed by atoms with E-state index in [4.69, 9.17) is 5.21 Å². The zero-order valence-corrected chi connectivity index (χ0v) is 14.7. The Hall–Kier alpha value is -3.07. The molecule has 3 nitrogen and oxygen atoms in total. The van der Waals surface area contributed by atoms with Gasteiger partial charge in [0, 0.05) is 18.2 Å². The van der Waals surface area contributed by atoms with Crippen LogP contribution in [0, 0.1) is 13.8 Å². The molecule has 0 aromatic heterocycles. The highest BCUT2D eigenvalue weighted by molar-refractivity contribution is 6.00. The fourth-order valence-electron chi connectivity index (χ4n) is 3.05. The van der Waals surface area contributed by atoms with Crippen molar-refractivity contribution in [3.63, 3.8) is 0 Å². The number of rotatable bonds is 4. The van der Waals surface area contributed by atoms with Crippen molar-refractivity contribution < 1.29 is 5.21 Å². The monoisotopic (exact) mass is 330 g/mol. The molecule has 0 spiro atoms. The number of nitrogens with zero attached hydrogens (tertiary/aromatic N) is 1. The molecule has 0 heterocycles. The lowest BCUT2D eigenvalue weighted by Gasteiger charge is -2.18. The highest BCUT2D eigenvalue weighted by Gasteiger charge is 2.15. The van der Waals surface area contributed by atoms with Crippen LogP contribution in [0.3, 0.4) is 0 Å². The maximum absolute atomic E-state index is 9.00. The summed E-state index contributed by atoms with van der Waals surface area (Å²) in [4.78, 5) is 0. The summed E-state index contributed by atoms with van der Waals surface area (Å²) in [5, 5.41) is 15.5. The van der Waals surface area contributed by atoms with Gasteiger partial charge in [-0.1, -0.05) is 76.9 Å². The molecule has 3 rings (SSSR count). The van der Waals surface area contributed by atoms with Crippen LogP contribution >= 0.6 is 0 Å². The lowest BCUT2D eigenvalue weighted by atomic mass is 9.90. The largest absolute Gasteiger partial charge is 0.411 e. The van der Waals surface area contributed by atoms with E-state index < -0.39 is 0 Å². The minimum absolute atomic E-state index is 0.844. The molecule has 3 aromatic carbocycles. The number of nitrogens with one attached hydrogen (secondary N) is 1. The lowest BCUT2D eigenvalue weighted by molar-refractivity contribution is 0.322. The molecule has 0 aliphatic rings. The molecule has 0 bridgehead atoms. The van der Waals surface area contributed by atoms with Gasteiger partial charge in [-0.2, -0.15) is 0 Å². The number of aryl methyl sites for hydroxylation is 2. The van der Waals surface area contributed by atoms with Gasteiger partial charge in [0.1, 0.15) is 0 Å². The summed E-state index contributed by atoms with van der Waals surface area (Å²) in [5.74, 6) is 0. The molecule has 2 N–H and O–H groups in total. The van der Waals surface area contributed by atoms with Crippen molar-refractivity contribution in [3.8, 4) is 22.3 Å². The quantitative estimate of drug-likeness (QED) is 0.377. The van der Waals surface area contributed by atoms with Crippen LogP contribution in [0.25, 0.3) is 22.3 Å². The summed E-state index contributed by atoms with van der Waals surface area (Å²) >= 11 is 0. The van der Waals surface area contributed by atoms with Crippen LogP contribution < -0.4 is 5.32 Å². The van der Waals surface area contributed by atoms with Crippen LogP contribution in [-0.4, -0.2) is 18.5 Å². The first-order chi connectivity index (χ1) is 12.1. The van der Waals surface area contributed by atoms with E-state index in [1.54, 1.807) is 0 Å². The van der Waals surface area contributed by atoms with Crippen molar-refractivity contribution in [1.29, 1.82) is 0 Å².